The Hall–Kier alpha value is -2.00. The van der Waals surface area contributed by atoms with Crippen molar-refractivity contribution in [2.45, 2.75) is 6.92 Å². The van der Waals surface area contributed by atoms with E-state index >= 15 is 0 Å². The van der Waals surface area contributed by atoms with Crippen LogP contribution < -0.4 is 16.4 Å². The van der Waals surface area contributed by atoms with E-state index in [1.165, 1.54) is 5.57 Å². The number of nitrogens with one attached hydrogen (secondary N) is 2. The van der Waals surface area contributed by atoms with Crippen LogP contribution in [0.5, 0.6) is 0 Å². The minimum absolute atomic E-state index is 0.708. The Morgan fingerprint density at radius 1 is 1.21 bits per heavy atom. The SMILES string of the molecule is C=C/C(=C\C(=C/C)CNC1=C(N)C(=C)C1=C)CNC. The minimum Gasteiger partial charge on any atom is -0.397 e. The molecule has 0 spiro atoms. The fourth-order valence-electron chi connectivity index (χ4n) is 1.82. The maximum Gasteiger partial charge on any atom is 0.0657 e. The van der Waals surface area contributed by atoms with Crippen LogP contribution in [0, 0.1) is 0 Å². The lowest BCUT2D eigenvalue weighted by atomic mass is 9.90. The molecule has 19 heavy (non-hydrogen) atoms. The number of nitrogens with two attached hydrogens (primary N) is 1. The van der Waals surface area contributed by atoms with E-state index in [-0.39, 0.29) is 0 Å². The van der Waals surface area contributed by atoms with Crippen molar-refractivity contribution < 1.29 is 0 Å². The second kappa shape index (κ2) is 6.81. The zero-order chi connectivity index (χ0) is 14.4. The van der Waals surface area contributed by atoms with Crippen LogP contribution in [-0.4, -0.2) is 20.1 Å². The van der Waals surface area contributed by atoms with E-state index in [2.05, 4.69) is 42.5 Å². The lowest BCUT2D eigenvalue weighted by molar-refractivity contribution is 0.845. The van der Waals surface area contributed by atoms with Crippen LogP contribution in [-0.2, 0) is 0 Å². The van der Waals surface area contributed by atoms with Gasteiger partial charge in [-0.15, -0.1) is 0 Å². The van der Waals surface area contributed by atoms with E-state index in [0.717, 1.165) is 29.0 Å². The second-order valence-electron chi connectivity index (χ2n) is 4.42. The van der Waals surface area contributed by atoms with Gasteiger partial charge in [0.05, 0.1) is 11.4 Å². The summed E-state index contributed by atoms with van der Waals surface area (Å²) in [6.45, 7) is 15.1. The van der Waals surface area contributed by atoms with E-state index in [1.54, 1.807) is 0 Å². The molecule has 0 aromatic rings. The fourth-order valence-corrected chi connectivity index (χ4v) is 1.82. The molecule has 0 saturated carbocycles. The predicted molar refractivity (Wildman–Crippen MR) is 83.5 cm³/mol. The lowest BCUT2D eigenvalue weighted by Crippen LogP contribution is -2.30. The van der Waals surface area contributed by atoms with Gasteiger partial charge in [-0.3, -0.25) is 0 Å². The first-order chi connectivity index (χ1) is 9.04. The first-order valence-corrected chi connectivity index (χ1v) is 6.30. The summed E-state index contributed by atoms with van der Waals surface area (Å²) in [4.78, 5) is 0. The molecular weight excluding hydrogens is 234 g/mol. The third kappa shape index (κ3) is 3.48. The average molecular weight is 257 g/mol. The van der Waals surface area contributed by atoms with E-state index in [0.29, 0.717) is 12.2 Å². The molecule has 0 atom stereocenters. The highest BCUT2D eigenvalue weighted by Gasteiger charge is 2.23. The van der Waals surface area contributed by atoms with Gasteiger partial charge in [0.1, 0.15) is 0 Å². The zero-order valence-electron chi connectivity index (χ0n) is 11.8. The van der Waals surface area contributed by atoms with Gasteiger partial charge in [0.2, 0.25) is 0 Å². The van der Waals surface area contributed by atoms with Gasteiger partial charge in [-0.2, -0.15) is 0 Å². The molecule has 3 nitrogen and oxygen atoms in total. The molecule has 4 N–H and O–H groups in total. The number of allylic oxidation sites excluding steroid dienone is 3. The van der Waals surface area contributed by atoms with Crippen molar-refractivity contribution in [3.8, 4) is 0 Å². The normalized spacial score (nSPS) is 16.5. The Bertz CT molecular complexity index is 490. The van der Waals surface area contributed by atoms with Crippen LogP contribution >= 0.6 is 0 Å². The van der Waals surface area contributed by atoms with E-state index in [1.807, 2.05) is 20.0 Å². The summed E-state index contributed by atoms with van der Waals surface area (Å²) < 4.78 is 0. The maximum absolute atomic E-state index is 5.86. The summed E-state index contributed by atoms with van der Waals surface area (Å²) in [5.41, 5.74) is 11.5. The Morgan fingerprint density at radius 3 is 2.37 bits per heavy atom. The summed E-state index contributed by atoms with van der Waals surface area (Å²) in [5.74, 6) is 0. The number of hydrogen-bond donors (Lipinski definition) is 3. The van der Waals surface area contributed by atoms with Crippen molar-refractivity contribution in [3.05, 3.63) is 71.7 Å². The van der Waals surface area contributed by atoms with Crippen molar-refractivity contribution in [2.24, 2.45) is 5.73 Å². The molecule has 1 aliphatic carbocycles. The molecular formula is C16H23N3. The Balaban J connectivity index is 2.68. The monoisotopic (exact) mass is 257 g/mol. The molecule has 0 aliphatic heterocycles. The molecule has 3 heteroatoms. The molecule has 0 heterocycles. The van der Waals surface area contributed by atoms with E-state index in [4.69, 9.17) is 5.73 Å². The smallest absolute Gasteiger partial charge is 0.0657 e. The van der Waals surface area contributed by atoms with E-state index in [9.17, 15) is 0 Å². The van der Waals surface area contributed by atoms with Gasteiger partial charge >= 0.3 is 0 Å². The van der Waals surface area contributed by atoms with Crippen LogP contribution in [0.1, 0.15) is 6.92 Å². The van der Waals surface area contributed by atoms with Crippen LogP contribution in [0.25, 0.3) is 0 Å². The first-order valence-electron chi connectivity index (χ1n) is 6.30. The summed E-state index contributed by atoms with van der Waals surface area (Å²) in [6.07, 6.45) is 6.04. The molecule has 0 fully saturated rings. The third-order valence-electron chi connectivity index (χ3n) is 3.11. The van der Waals surface area contributed by atoms with Crippen LogP contribution in [0.3, 0.4) is 0 Å². The standard InChI is InChI=1S/C16H23N3/c1-6-13(9-18-5)8-14(7-2)10-19-16-12(4)11(3)15(16)17/h6-8,18-19H,1,3-4,9-10,17H2,2,5H3/b13-8+,14-7+. The Kier molecular flexibility index (Phi) is 5.39. The first kappa shape index (κ1) is 15.1. The highest BCUT2D eigenvalue weighted by molar-refractivity contribution is 5.65. The van der Waals surface area contributed by atoms with Gasteiger partial charge in [-0.1, -0.05) is 38.0 Å². The fraction of sp³-hybridized carbons (Fsp3) is 0.250. The molecule has 0 aromatic heterocycles. The molecule has 0 unspecified atom stereocenters. The summed E-state index contributed by atoms with van der Waals surface area (Å²) in [7, 11) is 1.92. The molecule has 0 amide bonds. The second-order valence-corrected chi connectivity index (χ2v) is 4.42. The number of hydrogen-bond acceptors (Lipinski definition) is 3. The summed E-state index contributed by atoms with van der Waals surface area (Å²) >= 11 is 0. The van der Waals surface area contributed by atoms with Crippen molar-refractivity contribution in [2.75, 3.05) is 20.1 Å². The van der Waals surface area contributed by atoms with Gasteiger partial charge in [0.15, 0.2) is 0 Å². The van der Waals surface area contributed by atoms with Crippen molar-refractivity contribution in [1.29, 1.82) is 0 Å². The Morgan fingerprint density at radius 2 is 1.89 bits per heavy atom. The average Bonchev–Trinajstić information content (AvgIpc) is 2.44. The van der Waals surface area contributed by atoms with E-state index < -0.39 is 0 Å². The van der Waals surface area contributed by atoms with Crippen LogP contribution in [0.2, 0.25) is 0 Å². The minimum atomic E-state index is 0.708. The molecule has 0 radical (unpaired) electrons. The summed E-state index contributed by atoms with van der Waals surface area (Å²) in [5, 5.41) is 6.41. The number of likely N-dealkylation sites (N-methyl/N-ethyl adjacent to an activating group) is 1. The van der Waals surface area contributed by atoms with Crippen molar-refractivity contribution in [3.63, 3.8) is 0 Å². The zero-order valence-corrected chi connectivity index (χ0v) is 11.8. The molecule has 102 valence electrons. The highest BCUT2D eigenvalue weighted by atomic mass is 14.9. The van der Waals surface area contributed by atoms with Crippen LogP contribution in [0.4, 0.5) is 0 Å². The molecule has 1 aliphatic rings. The topological polar surface area (TPSA) is 50.1 Å². The molecule has 1 rings (SSSR count). The van der Waals surface area contributed by atoms with Crippen molar-refractivity contribution in [1.82, 2.24) is 10.6 Å². The van der Waals surface area contributed by atoms with Gasteiger partial charge in [0, 0.05) is 24.2 Å². The van der Waals surface area contributed by atoms with Gasteiger partial charge < -0.3 is 16.4 Å². The molecule has 0 bridgehead atoms. The molecule has 0 saturated heterocycles. The highest BCUT2D eigenvalue weighted by Crippen LogP contribution is 2.31. The quantitative estimate of drug-likeness (QED) is 0.613. The van der Waals surface area contributed by atoms with Gasteiger partial charge in [-0.25, -0.2) is 0 Å². The number of rotatable bonds is 7. The van der Waals surface area contributed by atoms with Crippen molar-refractivity contribution >= 4 is 0 Å². The molecule has 0 aromatic carbocycles. The summed E-state index contributed by atoms with van der Waals surface area (Å²) in [6, 6.07) is 0. The Labute approximate surface area is 116 Å². The third-order valence-corrected chi connectivity index (χ3v) is 3.11. The maximum atomic E-state index is 5.86. The van der Waals surface area contributed by atoms with Crippen LogP contribution in [0.15, 0.2) is 71.7 Å². The largest absolute Gasteiger partial charge is 0.397 e. The predicted octanol–water partition coefficient (Wildman–Crippen LogP) is 2.15. The van der Waals surface area contributed by atoms with Gasteiger partial charge in [0.25, 0.3) is 0 Å². The lowest BCUT2D eigenvalue weighted by Gasteiger charge is -2.27. The van der Waals surface area contributed by atoms with Gasteiger partial charge in [-0.05, 0) is 25.1 Å².